The number of carbonyl (C=O) groups is 1. The number of aromatic amines is 1. The van der Waals surface area contributed by atoms with Gasteiger partial charge >= 0.3 is 0 Å². The van der Waals surface area contributed by atoms with Crippen molar-refractivity contribution in [3.05, 3.63) is 64.6 Å². The molecular formula is C21H21N3O2. The first-order valence-electron chi connectivity index (χ1n) is 9.09. The number of hydrogen-bond acceptors (Lipinski definition) is 3. The van der Waals surface area contributed by atoms with Crippen LogP contribution in [0.3, 0.4) is 0 Å². The molecule has 1 N–H and O–H groups in total. The third-order valence-electron chi connectivity index (χ3n) is 5.93. The number of benzene rings is 1. The lowest BCUT2D eigenvalue weighted by Gasteiger charge is -2.40. The highest BCUT2D eigenvalue weighted by Crippen LogP contribution is 2.41. The predicted molar refractivity (Wildman–Crippen MR) is 99.1 cm³/mol. The minimum Gasteiger partial charge on any atom is -0.377 e. The van der Waals surface area contributed by atoms with Gasteiger partial charge in [-0.15, -0.1) is 0 Å². The number of carbonyl (C=O) groups excluding carboxylic acids is 1. The van der Waals surface area contributed by atoms with E-state index in [-0.39, 0.29) is 18.1 Å². The molecule has 1 aromatic carbocycles. The van der Waals surface area contributed by atoms with Crippen molar-refractivity contribution in [1.29, 1.82) is 0 Å². The Labute approximate surface area is 152 Å². The van der Waals surface area contributed by atoms with Crippen LogP contribution in [-0.2, 0) is 17.6 Å². The summed E-state index contributed by atoms with van der Waals surface area (Å²) < 4.78 is 5.52. The zero-order chi connectivity index (χ0) is 17.8. The second-order valence-electron chi connectivity index (χ2n) is 7.16. The molecule has 2 aromatic heterocycles. The first-order chi connectivity index (χ1) is 12.7. The molecule has 0 aliphatic carbocycles. The van der Waals surface area contributed by atoms with Crippen LogP contribution < -0.4 is 0 Å². The molecule has 0 saturated heterocycles. The Hall–Kier alpha value is -2.66. The molecule has 0 fully saturated rings. The molecule has 0 saturated carbocycles. The summed E-state index contributed by atoms with van der Waals surface area (Å²) in [6.45, 7) is 2.76. The first-order valence-corrected chi connectivity index (χ1v) is 9.09. The summed E-state index contributed by atoms with van der Waals surface area (Å²) in [5, 5.41) is 1.28. The van der Waals surface area contributed by atoms with E-state index in [0.717, 1.165) is 41.6 Å². The SMILES string of the molecule is COC(C)c1cncc2c1CC1c3[nH]c4ccccc4c3CCN1C2=O. The Morgan fingerprint density at radius 1 is 1.27 bits per heavy atom. The predicted octanol–water partition coefficient (Wildman–Crippen LogP) is 3.57. The standard InChI is InChI=1S/C21H21N3O2/c1-12(26-2)16-10-22-11-17-15(16)9-19-20-14(7-8-24(19)21(17)25)13-5-3-4-6-18(13)23-20/h3-6,10-12,19,23H,7-9H2,1-2H3. The zero-order valence-electron chi connectivity index (χ0n) is 15.0. The van der Waals surface area contributed by atoms with Gasteiger partial charge < -0.3 is 14.6 Å². The Morgan fingerprint density at radius 2 is 2.12 bits per heavy atom. The van der Waals surface area contributed by atoms with Gasteiger partial charge in [-0.05, 0) is 37.0 Å². The Balaban J connectivity index is 1.67. The van der Waals surface area contributed by atoms with Crippen LogP contribution in [0.15, 0.2) is 36.7 Å². The highest BCUT2D eigenvalue weighted by atomic mass is 16.5. The van der Waals surface area contributed by atoms with Gasteiger partial charge in [-0.3, -0.25) is 9.78 Å². The lowest BCUT2D eigenvalue weighted by Crippen LogP contribution is -2.44. The van der Waals surface area contributed by atoms with E-state index >= 15 is 0 Å². The lowest BCUT2D eigenvalue weighted by molar-refractivity contribution is 0.0621. The number of methoxy groups -OCH3 is 1. The molecule has 2 aliphatic rings. The molecular weight excluding hydrogens is 326 g/mol. The van der Waals surface area contributed by atoms with Gasteiger partial charge in [-0.2, -0.15) is 0 Å². The monoisotopic (exact) mass is 347 g/mol. The number of aromatic nitrogens is 2. The first kappa shape index (κ1) is 15.6. The smallest absolute Gasteiger partial charge is 0.256 e. The van der Waals surface area contributed by atoms with Gasteiger partial charge in [0, 0.05) is 48.2 Å². The summed E-state index contributed by atoms with van der Waals surface area (Å²) in [5.41, 5.74) is 6.51. The molecule has 5 rings (SSSR count). The van der Waals surface area contributed by atoms with Crippen molar-refractivity contribution < 1.29 is 9.53 Å². The molecule has 5 heteroatoms. The largest absolute Gasteiger partial charge is 0.377 e. The van der Waals surface area contributed by atoms with E-state index in [1.54, 1.807) is 13.3 Å². The van der Waals surface area contributed by atoms with Crippen molar-refractivity contribution in [1.82, 2.24) is 14.9 Å². The van der Waals surface area contributed by atoms with Gasteiger partial charge in [0.1, 0.15) is 0 Å². The van der Waals surface area contributed by atoms with Crippen molar-refractivity contribution in [3.8, 4) is 0 Å². The highest BCUT2D eigenvalue weighted by molar-refractivity contribution is 5.98. The van der Waals surface area contributed by atoms with Gasteiger partial charge in [0.25, 0.3) is 5.91 Å². The molecule has 132 valence electrons. The quantitative estimate of drug-likeness (QED) is 0.771. The van der Waals surface area contributed by atoms with Crippen LogP contribution in [0.2, 0.25) is 0 Å². The summed E-state index contributed by atoms with van der Waals surface area (Å²) in [7, 11) is 1.69. The minimum atomic E-state index is -0.0809. The van der Waals surface area contributed by atoms with Crippen LogP contribution >= 0.6 is 0 Å². The Kier molecular flexibility index (Phi) is 3.40. The van der Waals surface area contributed by atoms with E-state index in [1.165, 1.54) is 16.6 Å². The molecule has 26 heavy (non-hydrogen) atoms. The van der Waals surface area contributed by atoms with Gasteiger partial charge in [-0.1, -0.05) is 18.2 Å². The van der Waals surface area contributed by atoms with Crippen LogP contribution in [0.1, 0.15) is 51.8 Å². The topological polar surface area (TPSA) is 58.2 Å². The van der Waals surface area contributed by atoms with Gasteiger partial charge in [0.05, 0.1) is 17.7 Å². The number of H-pyrrole nitrogens is 1. The fourth-order valence-corrected chi connectivity index (χ4v) is 4.51. The number of nitrogens with zero attached hydrogens (tertiary/aromatic N) is 2. The van der Waals surface area contributed by atoms with Crippen molar-refractivity contribution >= 4 is 16.8 Å². The van der Waals surface area contributed by atoms with E-state index in [4.69, 9.17) is 4.74 Å². The fraction of sp³-hybridized carbons (Fsp3) is 0.333. The molecule has 4 heterocycles. The van der Waals surface area contributed by atoms with Crippen molar-refractivity contribution in [2.24, 2.45) is 0 Å². The summed E-state index contributed by atoms with van der Waals surface area (Å²) in [6, 6.07) is 8.46. The fourth-order valence-electron chi connectivity index (χ4n) is 4.51. The molecule has 2 atom stereocenters. The van der Waals surface area contributed by atoms with Gasteiger partial charge in [0.15, 0.2) is 0 Å². The van der Waals surface area contributed by atoms with Crippen LogP contribution in [0.5, 0.6) is 0 Å². The number of pyridine rings is 1. The van der Waals surface area contributed by atoms with Crippen molar-refractivity contribution in [3.63, 3.8) is 0 Å². The van der Waals surface area contributed by atoms with E-state index in [0.29, 0.717) is 0 Å². The van der Waals surface area contributed by atoms with Crippen LogP contribution in [-0.4, -0.2) is 34.4 Å². The Bertz CT molecular complexity index is 1020. The van der Waals surface area contributed by atoms with Gasteiger partial charge in [0.2, 0.25) is 0 Å². The number of para-hydroxylation sites is 1. The van der Waals surface area contributed by atoms with Crippen LogP contribution in [0.25, 0.3) is 10.9 Å². The average Bonchev–Trinajstić information content (AvgIpc) is 3.06. The number of nitrogens with one attached hydrogen (secondary N) is 1. The third-order valence-corrected chi connectivity index (χ3v) is 5.93. The van der Waals surface area contributed by atoms with E-state index in [9.17, 15) is 4.79 Å². The summed E-state index contributed by atoms with van der Waals surface area (Å²) in [4.78, 5) is 23.1. The summed E-state index contributed by atoms with van der Waals surface area (Å²) >= 11 is 0. The summed E-state index contributed by atoms with van der Waals surface area (Å²) in [5.74, 6) is 0.0817. The second kappa shape index (κ2) is 5.68. The molecule has 0 radical (unpaired) electrons. The maximum atomic E-state index is 13.2. The van der Waals surface area contributed by atoms with E-state index in [1.807, 2.05) is 24.1 Å². The molecule has 5 nitrogen and oxygen atoms in total. The van der Waals surface area contributed by atoms with Crippen LogP contribution in [0, 0.1) is 0 Å². The van der Waals surface area contributed by atoms with Crippen molar-refractivity contribution in [2.45, 2.75) is 31.9 Å². The van der Waals surface area contributed by atoms with Gasteiger partial charge in [-0.25, -0.2) is 0 Å². The molecule has 0 spiro atoms. The van der Waals surface area contributed by atoms with E-state index in [2.05, 4.69) is 28.2 Å². The number of ether oxygens (including phenoxy) is 1. The number of hydrogen-bond donors (Lipinski definition) is 1. The summed E-state index contributed by atoms with van der Waals surface area (Å²) in [6.07, 6.45) is 5.15. The number of fused-ring (bicyclic) bond motifs is 6. The molecule has 1 amide bonds. The number of rotatable bonds is 2. The lowest BCUT2D eigenvalue weighted by atomic mass is 9.84. The normalized spacial score (nSPS) is 19.8. The van der Waals surface area contributed by atoms with Crippen LogP contribution in [0.4, 0.5) is 0 Å². The van der Waals surface area contributed by atoms with Crippen molar-refractivity contribution in [2.75, 3.05) is 13.7 Å². The maximum Gasteiger partial charge on any atom is 0.256 e. The third kappa shape index (κ3) is 2.07. The minimum absolute atomic E-state index is 0.0522. The molecule has 2 unspecified atom stereocenters. The Morgan fingerprint density at radius 3 is 2.96 bits per heavy atom. The maximum absolute atomic E-state index is 13.2. The highest BCUT2D eigenvalue weighted by Gasteiger charge is 2.39. The second-order valence-corrected chi connectivity index (χ2v) is 7.16. The molecule has 2 aliphatic heterocycles. The van der Waals surface area contributed by atoms with E-state index < -0.39 is 0 Å². The molecule has 3 aromatic rings. The molecule has 0 bridgehead atoms. The zero-order valence-corrected chi connectivity index (χ0v) is 15.0. The number of amides is 1. The average molecular weight is 347 g/mol.